The Morgan fingerprint density at radius 2 is 2.29 bits per heavy atom. The zero-order valence-corrected chi connectivity index (χ0v) is 8.70. The molecule has 14 heavy (non-hydrogen) atoms. The van der Waals surface area contributed by atoms with Crippen molar-refractivity contribution in [2.45, 2.75) is 44.8 Å². The van der Waals surface area contributed by atoms with Gasteiger partial charge in [-0.05, 0) is 25.7 Å². The van der Waals surface area contributed by atoms with E-state index >= 15 is 0 Å². The molecule has 0 aromatic rings. The van der Waals surface area contributed by atoms with Crippen LogP contribution >= 0.6 is 0 Å². The summed E-state index contributed by atoms with van der Waals surface area (Å²) in [5, 5.41) is 0. The van der Waals surface area contributed by atoms with Gasteiger partial charge in [0, 0.05) is 12.5 Å². The van der Waals surface area contributed by atoms with Crippen LogP contribution in [0.1, 0.15) is 32.6 Å². The van der Waals surface area contributed by atoms with Crippen LogP contribution in [0.2, 0.25) is 0 Å². The molecule has 0 bridgehead atoms. The van der Waals surface area contributed by atoms with Crippen LogP contribution in [0.15, 0.2) is 4.99 Å². The van der Waals surface area contributed by atoms with Crippen molar-refractivity contribution in [3.05, 3.63) is 0 Å². The summed E-state index contributed by atoms with van der Waals surface area (Å²) < 4.78 is 5.62. The van der Waals surface area contributed by atoms with E-state index in [9.17, 15) is 0 Å². The molecule has 4 nitrogen and oxygen atoms in total. The van der Waals surface area contributed by atoms with E-state index in [1.54, 1.807) is 0 Å². The van der Waals surface area contributed by atoms with E-state index < -0.39 is 0 Å². The third-order valence-electron chi connectivity index (χ3n) is 2.98. The largest absolute Gasteiger partial charge is 0.377 e. The van der Waals surface area contributed by atoms with Gasteiger partial charge in [0.2, 0.25) is 0 Å². The summed E-state index contributed by atoms with van der Waals surface area (Å²) in [6.07, 6.45) is 4.83. The third-order valence-corrected chi connectivity index (χ3v) is 2.98. The molecular weight excluding hydrogens is 178 g/mol. The fourth-order valence-corrected chi connectivity index (χ4v) is 2.00. The van der Waals surface area contributed by atoms with Gasteiger partial charge in [-0.15, -0.1) is 0 Å². The maximum absolute atomic E-state index is 5.62. The minimum atomic E-state index is 0.309. The predicted octanol–water partition coefficient (Wildman–Crippen LogP) is 0.826. The van der Waals surface area contributed by atoms with Crippen molar-refractivity contribution in [1.82, 2.24) is 5.43 Å². The molecular formula is C10H19N3O. The molecule has 1 saturated heterocycles. The van der Waals surface area contributed by atoms with E-state index in [0.717, 1.165) is 25.3 Å². The number of nitrogens with one attached hydrogen (secondary N) is 1. The molecule has 1 aliphatic heterocycles. The molecule has 4 heteroatoms. The smallest absolute Gasteiger partial charge is 0.116 e. The van der Waals surface area contributed by atoms with Gasteiger partial charge in [-0.3, -0.25) is 4.99 Å². The Morgan fingerprint density at radius 1 is 1.50 bits per heavy atom. The van der Waals surface area contributed by atoms with Gasteiger partial charge >= 0.3 is 0 Å². The van der Waals surface area contributed by atoms with Gasteiger partial charge in [0.15, 0.2) is 0 Å². The molecule has 0 amide bonds. The first-order valence-corrected chi connectivity index (χ1v) is 5.51. The molecule has 2 atom stereocenters. The average Bonchev–Trinajstić information content (AvgIpc) is 2.90. The molecule has 2 aliphatic rings. The summed E-state index contributed by atoms with van der Waals surface area (Å²) in [7, 11) is 0. The minimum Gasteiger partial charge on any atom is -0.377 e. The van der Waals surface area contributed by atoms with E-state index in [4.69, 9.17) is 10.6 Å². The van der Waals surface area contributed by atoms with Gasteiger partial charge in [0.1, 0.15) is 5.84 Å². The molecule has 0 aromatic heterocycles. The lowest BCUT2D eigenvalue weighted by atomic mass is 9.98. The molecule has 2 rings (SSSR count). The zero-order valence-electron chi connectivity index (χ0n) is 8.70. The number of hydrogen-bond donors (Lipinski definition) is 2. The Balaban J connectivity index is 2.02. The molecule has 0 spiro atoms. The number of nitrogens with zero attached hydrogens (tertiary/aromatic N) is 1. The molecule has 2 unspecified atom stereocenters. The first-order chi connectivity index (χ1) is 6.85. The van der Waals surface area contributed by atoms with Gasteiger partial charge in [-0.25, -0.2) is 5.84 Å². The molecule has 0 radical (unpaired) electrons. The molecule has 3 N–H and O–H groups in total. The van der Waals surface area contributed by atoms with E-state index in [-0.39, 0.29) is 0 Å². The highest BCUT2D eigenvalue weighted by Gasteiger charge is 2.32. The van der Waals surface area contributed by atoms with Crippen molar-refractivity contribution >= 4 is 5.84 Å². The van der Waals surface area contributed by atoms with Crippen molar-refractivity contribution in [2.75, 3.05) is 6.61 Å². The first kappa shape index (κ1) is 9.93. The fraction of sp³-hybridized carbons (Fsp3) is 0.900. The van der Waals surface area contributed by atoms with Crippen LogP contribution < -0.4 is 11.3 Å². The maximum Gasteiger partial charge on any atom is 0.116 e. The number of ether oxygens (including phenoxy) is 1. The summed E-state index contributed by atoms with van der Waals surface area (Å²) in [6.45, 7) is 2.99. The Labute approximate surface area is 84.9 Å². The lowest BCUT2D eigenvalue weighted by molar-refractivity contribution is 0.0984. The summed E-state index contributed by atoms with van der Waals surface area (Å²) in [5.41, 5.74) is 2.75. The number of amidine groups is 1. The van der Waals surface area contributed by atoms with E-state index in [1.165, 1.54) is 12.8 Å². The first-order valence-electron chi connectivity index (χ1n) is 5.51. The van der Waals surface area contributed by atoms with Crippen molar-refractivity contribution < 1.29 is 4.74 Å². The summed E-state index contributed by atoms with van der Waals surface area (Å²) >= 11 is 0. The molecule has 80 valence electrons. The van der Waals surface area contributed by atoms with Crippen molar-refractivity contribution in [3.8, 4) is 0 Å². The highest BCUT2D eigenvalue weighted by molar-refractivity contribution is 5.85. The second kappa shape index (κ2) is 4.28. The van der Waals surface area contributed by atoms with Crippen LogP contribution in [-0.2, 0) is 4.74 Å². The predicted molar refractivity (Wildman–Crippen MR) is 55.9 cm³/mol. The minimum absolute atomic E-state index is 0.309. The zero-order chi connectivity index (χ0) is 9.97. The lowest BCUT2D eigenvalue weighted by Gasteiger charge is -2.18. The monoisotopic (exact) mass is 197 g/mol. The molecule has 2 fully saturated rings. The number of nitrogens with two attached hydrogens (primary N) is 1. The van der Waals surface area contributed by atoms with E-state index in [0.29, 0.717) is 18.1 Å². The Morgan fingerprint density at radius 3 is 2.86 bits per heavy atom. The average molecular weight is 197 g/mol. The van der Waals surface area contributed by atoms with Crippen LogP contribution in [0.3, 0.4) is 0 Å². The van der Waals surface area contributed by atoms with E-state index in [2.05, 4.69) is 17.3 Å². The molecule has 1 heterocycles. The van der Waals surface area contributed by atoms with Crippen LogP contribution in [0, 0.1) is 5.92 Å². The Kier molecular flexibility index (Phi) is 3.03. The molecule has 0 aromatic carbocycles. The summed E-state index contributed by atoms with van der Waals surface area (Å²) in [4.78, 5) is 4.59. The van der Waals surface area contributed by atoms with Crippen molar-refractivity contribution in [3.63, 3.8) is 0 Å². The van der Waals surface area contributed by atoms with Crippen LogP contribution in [0.5, 0.6) is 0 Å². The van der Waals surface area contributed by atoms with Crippen molar-refractivity contribution in [2.24, 2.45) is 16.8 Å². The number of rotatable bonds is 3. The van der Waals surface area contributed by atoms with Gasteiger partial charge in [0.25, 0.3) is 0 Å². The van der Waals surface area contributed by atoms with Gasteiger partial charge in [-0.1, -0.05) is 6.92 Å². The lowest BCUT2D eigenvalue weighted by Crippen LogP contribution is -2.39. The molecule has 1 aliphatic carbocycles. The fourth-order valence-electron chi connectivity index (χ4n) is 2.00. The number of hydrogen-bond acceptors (Lipinski definition) is 3. The maximum atomic E-state index is 5.62. The van der Waals surface area contributed by atoms with Crippen LogP contribution in [0.25, 0.3) is 0 Å². The van der Waals surface area contributed by atoms with Crippen LogP contribution in [0.4, 0.5) is 0 Å². The third kappa shape index (κ3) is 2.07. The number of hydrazine groups is 1. The van der Waals surface area contributed by atoms with E-state index in [1.807, 2.05) is 0 Å². The highest BCUT2D eigenvalue weighted by Crippen LogP contribution is 2.28. The van der Waals surface area contributed by atoms with Gasteiger partial charge in [-0.2, -0.15) is 0 Å². The summed E-state index contributed by atoms with van der Waals surface area (Å²) in [6, 6.07) is 0.527. The van der Waals surface area contributed by atoms with Crippen molar-refractivity contribution in [1.29, 1.82) is 0 Å². The molecule has 1 saturated carbocycles. The normalized spacial score (nSPS) is 33.4. The van der Waals surface area contributed by atoms with Gasteiger partial charge in [0.05, 0.1) is 12.1 Å². The highest BCUT2D eigenvalue weighted by atomic mass is 16.5. The number of aliphatic imine (C=N–C) groups is 1. The quantitative estimate of drug-likeness (QED) is 0.305. The second-order valence-corrected chi connectivity index (χ2v) is 4.10. The standard InChI is InChI=1S/C10H19N3O/c1-2-9-8(5-6-14-9)10(13-11)12-7-3-4-7/h7-9H,2-6,11H2,1H3,(H,12,13). The van der Waals surface area contributed by atoms with Gasteiger partial charge < -0.3 is 10.2 Å². The topological polar surface area (TPSA) is 59.6 Å². The second-order valence-electron chi connectivity index (χ2n) is 4.10. The Bertz CT molecular complexity index is 225. The SMILES string of the molecule is CCC1OCCC1C(=NC1CC1)NN. The summed E-state index contributed by atoms with van der Waals surface area (Å²) in [5.74, 6) is 6.86. The van der Waals surface area contributed by atoms with Crippen LogP contribution in [-0.4, -0.2) is 24.6 Å². The Hall–Kier alpha value is -0.610.